The molecule has 0 atom stereocenters. The number of amides is 1. The van der Waals surface area contributed by atoms with E-state index in [1.807, 2.05) is 35.2 Å². The lowest BCUT2D eigenvalue weighted by Crippen LogP contribution is -2.29. The van der Waals surface area contributed by atoms with Gasteiger partial charge in [0, 0.05) is 30.6 Å². The molecule has 10 heteroatoms. The van der Waals surface area contributed by atoms with Gasteiger partial charge in [0.15, 0.2) is 0 Å². The third-order valence-corrected chi connectivity index (χ3v) is 6.06. The fourth-order valence-electron chi connectivity index (χ4n) is 3.45. The molecule has 178 valence electrons. The van der Waals surface area contributed by atoms with E-state index >= 15 is 0 Å². The Morgan fingerprint density at radius 1 is 1.00 bits per heavy atom. The molecule has 3 aromatic heterocycles. The van der Waals surface area contributed by atoms with Gasteiger partial charge in [0.25, 0.3) is 0 Å². The molecule has 0 saturated carbocycles. The van der Waals surface area contributed by atoms with Crippen LogP contribution in [-0.4, -0.2) is 34.3 Å². The summed E-state index contributed by atoms with van der Waals surface area (Å²) in [6.07, 6.45) is 4.25. The number of anilines is 2. The minimum Gasteiger partial charge on any atom is -0.469 e. The van der Waals surface area contributed by atoms with E-state index in [2.05, 4.69) is 9.72 Å². The number of carbonyl (C=O) groups excluding carboxylic acids is 3. The molecule has 0 bridgehead atoms. The summed E-state index contributed by atoms with van der Waals surface area (Å²) in [5.41, 5.74) is 0.324. The maximum atomic E-state index is 14.6. The average Bonchev–Trinajstić information content (AvgIpc) is 3.56. The lowest BCUT2D eigenvalue weighted by atomic mass is 10.1. The predicted octanol–water partition coefficient (Wildman–Crippen LogP) is 5.06. The zero-order valence-corrected chi connectivity index (χ0v) is 19.3. The van der Waals surface area contributed by atoms with Crippen LogP contribution in [0.4, 0.5) is 20.3 Å². The molecular formula is C25H19F2N3O4S. The minimum atomic E-state index is -0.978. The number of benzene rings is 1. The summed E-state index contributed by atoms with van der Waals surface area (Å²) in [7, 11) is 1.17. The summed E-state index contributed by atoms with van der Waals surface area (Å²) < 4.78 is 35.5. The van der Waals surface area contributed by atoms with E-state index < -0.39 is 29.2 Å². The number of para-hydroxylation sites is 1. The van der Waals surface area contributed by atoms with E-state index in [0.29, 0.717) is 10.6 Å². The van der Waals surface area contributed by atoms with Crippen LogP contribution < -0.4 is 4.90 Å². The van der Waals surface area contributed by atoms with Crippen molar-refractivity contribution in [2.24, 2.45) is 0 Å². The molecule has 1 amide bonds. The highest BCUT2D eigenvalue weighted by Crippen LogP contribution is 2.31. The Labute approximate surface area is 203 Å². The Bertz CT molecular complexity index is 1350. The number of carbonyl (C=O) groups is 3. The van der Waals surface area contributed by atoms with Crippen LogP contribution in [-0.2, 0) is 14.3 Å². The molecule has 0 spiro atoms. The van der Waals surface area contributed by atoms with Crippen LogP contribution in [0.3, 0.4) is 0 Å². The summed E-state index contributed by atoms with van der Waals surface area (Å²) in [6, 6.07) is 11.5. The Hall–Kier alpha value is -4.18. The SMILES string of the molecule is COC(=O)CCC(=O)N(c1ccc(C(=O)c2sccc2-n2cccc2)cn1)c1c(F)cccc1F. The highest BCUT2D eigenvalue weighted by Gasteiger charge is 2.27. The van der Waals surface area contributed by atoms with E-state index in [-0.39, 0.29) is 30.0 Å². The van der Waals surface area contributed by atoms with Crippen molar-refractivity contribution in [2.75, 3.05) is 12.0 Å². The molecule has 7 nitrogen and oxygen atoms in total. The Kier molecular flexibility index (Phi) is 7.11. The number of hydrogen-bond donors (Lipinski definition) is 0. The van der Waals surface area contributed by atoms with E-state index in [1.54, 1.807) is 5.38 Å². The summed E-state index contributed by atoms with van der Waals surface area (Å²) in [6.45, 7) is 0. The normalized spacial score (nSPS) is 10.7. The van der Waals surface area contributed by atoms with Crippen LogP contribution in [0, 0.1) is 11.6 Å². The quantitative estimate of drug-likeness (QED) is 0.252. The Morgan fingerprint density at radius 2 is 1.71 bits per heavy atom. The van der Waals surface area contributed by atoms with Crippen molar-refractivity contribution in [1.82, 2.24) is 9.55 Å². The number of thiophene rings is 1. The van der Waals surface area contributed by atoms with Crippen LogP contribution >= 0.6 is 11.3 Å². The number of methoxy groups -OCH3 is 1. The van der Waals surface area contributed by atoms with Crippen LogP contribution in [0.2, 0.25) is 0 Å². The van der Waals surface area contributed by atoms with Crippen molar-refractivity contribution in [3.05, 3.63) is 94.6 Å². The summed E-state index contributed by atoms with van der Waals surface area (Å²) >= 11 is 1.27. The Balaban J connectivity index is 1.67. The lowest BCUT2D eigenvalue weighted by molar-refractivity contribution is -0.141. The molecule has 0 aliphatic rings. The first-order chi connectivity index (χ1) is 16.9. The Morgan fingerprint density at radius 3 is 2.34 bits per heavy atom. The summed E-state index contributed by atoms with van der Waals surface area (Å²) in [5.74, 6) is -3.75. The number of aromatic nitrogens is 2. The van der Waals surface area contributed by atoms with E-state index in [1.165, 1.54) is 42.8 Å². The van der Waals surface area contributed by atoms with Gasteiger partial charge in [-0.15, -0.1) is 11.3 Å². The highest BCUT2D eigenvalue weighted by atomic mass is 32.1. The molecule has 0 unspecified atom stereocenters. The van der Waals surface area contributed by atoms with Crippen LogP contribution in [0.25, 0.3) is 5.69 Å². The number of rotatable bonds is 8. The fourth-order valence-corrected chi connectivity index (χ4v) is 4.30. The smallest absolute Gasteiger partial charge is 0.306 e. The zero-order chi connectivity index (χ0) is 24.9. The predicted molar refractivity (Wildman–Crippen MR) is 126 cm³/mol. The van der Waals surface area contributed by atoms with Crippen molar-refractivity contribution in [3.63, 3.8) is 0 Å². The molecule has 3 heterocycles. The number of pyridine rings is 1. The van der Waals surface area contributed by atoms with Gasteiger partial charge in [0.05, 0.1) is 24.1 Å². The van der Waals surface area contributed by atoms with Gasteiger partial charge in [-0.05, 0) is 47.8 Å². The standard InChI is InChI=1S/C25H19F2N3O4S/c1-34-22(32)10-9-21(31)30(23-17(26)5-4-6-18(23)27)20-8-7-16(15-28-20)24(33)25-19(11-14-35-25)29-12-2-3-13-29/h2-8,11-15H,9-10H2,1H3. The largest absolute Gasteiger partial charge is 0.469 e. The summed E-state index contributed by atoms with van der Waals surface area (Å²) in [4.78, 5) is 43.0. The molecule has 0 fully saturated rings. The second-order valence-electron chi connectivity index (χ2n) is 7.34. The van der Waals surface area contributed by atoms with Gasteiger partial charge in [-0.2, -0.15) is 0 Å². The number of hydrogen-bond acceptors (Lipinski definition) is 6. The monoisotopic (exact) mass is 495 g/mol. The third-order valence-electron chi connectivity index (χ3n) is 5.15. The van der Waals surface area contributed by atoms with Gasteiger partial charge in [0.2, 0.25) is 11.7 Å². The summed E-state index contributed by atoms with van der Waals surface area (Å²) in [5, 5.41) is 1.80. The van der Waals surface area contributed by atoms with E-state index in [9.17, 15) is 23.2 Å². The first-order valence-electron chi connectivity index (χ1n) is 10.5. The van der Waals surface area contributed by atoms with E-state index in [4.69, 9.17) is 0 Å². The molecule has 0 radical (unpaired) electrons. The van der Waals surface area contributed by atoms with Crippen LogP contribution in [0.1, 0.15) is 28.1 Å². The number of nitrogens with zero attached hydrogens (tertiary/aromatic N) is 3. The molecule has 0 aliphatic heterocycles. The van der Waals surface area contributed by atoms with Crippen molar-refractivity contribution in [2.45, 2.75) is 12.8 Å². The molecular weight excluding hydrogens is 476 g/mol. The topological polar surface area (TPSA) is 81.5 Å². The van der Waals surface area contributed by atoms with Gasteiger partial charge in [-0.25, -0.2) is 13.8 Å². The minimum absolute atomic E-state index is 0.0998. The molecule has 0 N–H and O–H groups in total. The van der Waals surface area contributed by atoms with Crippen molar-refractivity contribution < 1.29 is 27.9 Å². The number of ether oxygens (including phenoxy) is 1. The molecule has 35 heavy (non-hydrogen) atoms. The average molecular weight is 496 g/mol. The second kappa shape index (κ2) is 10.4. The maximum absolute atomic E-state index is 14.6. The van der Waals surface area contributed by atoms with Gasteiger partial charge >= 0.3 is 5.97 Å². The molecule has 4 rings (SSSR count). The highest BCUT2D eigenvalue weighted by molar-refractivity contribution is 7.12. The molecule has 0 saturated heterocycles. The van der Waals surface area contributed by atoms with Crippen molar-refractivity contribution >= 4 is 40.5 Å². The zero-order valence-electron chi connectivity index (χ0n) is 18.5. The van der Waals surface area contributed by atoms with Gasteiger partial charge in [-0.1, -0.05) is 6.07 Å². The van der Waals surface area contributed by atoms with Gasteiger partial charge in [0.1, 0.15) is 23.1 Å². The molecule has 0 aliphatic carbocycles. The number of ketones is 1. The van der Waals surface area contributed by atoms with Crippen molar-refractivity contribution in [3.8, 4) is 5.69 Å². The molecule has 4 aromatic rings. The van der Waals surface area contributed by atoms with Gasteiger partial charge < -0.3 is 9.30 Å². The fraction of sp³-hybridized carbons (Fsp3) is 0.120. The first kappa shape index (κ1) is 24.0. The third kappa shape index (κ3) is 5.02. The van der Waals surface area contributed by atoms with Crippen molar-refractivity contribution in [1.29, 1.82) is 0 Å². The van der Waals surface area contributed by atoms with E-state index in [0.717, 1.165) is 17.0 Å². The van der Waals surface area contributed by atoms with Crippen LogP contribution in [0.5, 0.6) is 0 Å². The lowest BCUT2D eigenvalue weighted by Gasteiger charge is -2.23. The molecule has 1 aromatic carbocycles. The number of esters is 1. The van der Waals surface area contributed by atoms with Gasteiger partial charge in [-0.3, -0.25) is 19.3 Å². The van der Waals surface area contributed by atoms with Crippen LogP contribution in [0.15, 0.2) is 72.5 Å². The maximum Gasteiger partial charge on any atom is 0.306 e. The first-order valence-corrected chi connectivity index (χ1v) is 11.3. The second-order valence-corrected chi connectivity index (χ2v) is 8.25. The number of halogens is 2.